The number of carboxylic acid groups (broad SMARTS) is 1. The summed E-state index contributed by atoms with van der Waals surface area (Å²) in [5.41, 5.74) is 0.815. The molecular formula is C14H14N2O4S. The first-order valence-electron chi connectivity index (χ1n) is 6.10. The summed E-state index contributed by atoms with van der Waals surface area (Å²) < 4.78 is 27.2. The summed E-state index contributed by atoms with van der Waals surface area (Å²) in [6, 6.07) is 7.55. The van der Waals surface area contributed by atoms with Gasteiger partial charge in [0, 0.05) is 6.20 Å². The van der Waals surface area contributed by atoms with Crippen molar-refractivity contribution < 1.29 is 18.3 Å². The van der Waals surface area contributed by atoms with Gasteiger partial charge in [-0.15, -0.1) is 0 Å². The van der Waals surface area contributed by atoms with Crippen LogP contribution in [0.25, 0.3) is 0 Å². The van der Waals surface area contributed by atoms with Crippen molar-refractivity contribution in [3.8, 4) is 0 Å². The monoisotopic (exact) mass is 306 g/mol. The number of hydrogen-bond donors (Lipinski definition) is 2. The quantitative estimate of drug-likeness (QED) is 0.902. The zero-order chi connectivity index (χ0) is 15.6. The van der Waals surface area contributed by atoms with Crippen LogP contribution in [-0.4, -0.2) is 24.5 Å². The number of rotatable bonds is 4. The van der Waals surface area contributed by atoms with E-state index in [1.165, 1.54) is 31.3 Å². The van der Waals surface area contributed by atoms with E-state index in [0.717, 1.165) is 0 Å². The molecule has 7 heteroatoms. The maximum absolute atomic E-state index is 12.4. The third-order valence-electron chi connectivity index (χ3n) is 3.04. The van der Waals surface area contributed by atoms with Crippen LogP contribution in [0.5, 0.6) is 0 Å². The highest BCUT2D eigenvalue weighted by atomic mass is 32.2. The second-order valence-corrected chi connectivity index (χ2v) is 6.16. The van der Waals surface area contributed by atoms with Crippen LogP contribution in [0.4, 0.5) is 5.82 Å². The van der Waals surface area contributed by atoms with Gasteiger partial charge >= 0.3 is 5.97 Å². The van der Waals surface area contributed by atoms with Crippen LogP contribution in [0.15, 0.2) is 41.4 Å². The van der Waals surface area contributed by atoms with Crippen LogP contribution in [0, 0.1) is 13.8 Å². The van der Waals surface area contributed by atoms with E-state index in [0.29, 0.717) is 5.56 Å². The Labute approximate surface area is 122 Å². The summed E-state index contributed by atoms with van der Waals surface area (Å²) >= 11 is 0. The summed E-state index contributed by atoms with van der Waals surface area (Å²) in [5, 5.41) is 9.06. The molecule has 0 bridgehead atoms. The number of carboxylic acids is 1. The molecule has 0 radical (unpaired) electrons. The van der Waals surface area contributed by atoms with Gasteiger partial charge in [-0.25, -0.2) is 18.2 Å². The minimum atomic E-state index is -3.90. The maximum atomic E-state index is 12.4. The van der Waals surface area contributed by atoms with Gasteiger partial charge in [0.2, 0.25) is 0 Å². The molecule has 6 nitrogen and oxygen atoms in total. The first-order chi connectivity index (χ1) is 9.83. The number of nitrogens with zero attached hydrogens (tertiary/aromatic N) is 1. The summed E-state index contributed by atoms with van der Waals surface area (Å²) in [6.45, 7) is 3.19. The standard InChI is InChI=1S/C14H14N2O4S/c1-9-5-4-8-15-13(9)16-21(19,20)12-7-3-6-11(10(12)2)14(17)18/h3-8H,1-2H3,(H,15,16)(H,17,18). The predicted octanol–water partition coefficient (Wildman–Crippen LogP) is 2.20. The normalized spacial score (nSPS) is 11.1. The van der Waals surface area contributed by atoms with E-state index in [1.807, 2.05) is 0 Å². The van der Waals surface area contributed by atoms with Gasteiger partial charge in [-0.2, -0.15) is 0 Å². The molecule has 0 unspecified atom stereocenters. The number of benzene rings is 1. The fourth-order valence-electron chi connectivity index (χ4n) is 1.91. The van der Waals surface area contributed by atoms with Gasteiger partial charge in [0.05, 0.1) is 10.5 Å². The molecule has 0 aliphatic heterocycles. The molecule has 1 heterocycles. The topological polar surface area (TPSA) is 96.4 Å². The minimum absolute atomic E-state index is 0.0457. The summed E-state index contributed by atoms with van der Waals surface area (Å²) in [5.74, 6) is -0.948. The third-order valence-corrected chi connectivity index (χ3v) is 4.53. The number of hydrogen-bond acceptors (Lipinski definition) is 4. The van der Waals surface area contributed by atoms with Crippen molar-refractivity contribution >= 4 is 21.8 Å². The second-order valence-electron chi connectivity index (χ2n) is 4.51. The first-order valence-corrected chi connectivity index (χ1v) is 7.58. The zero-order valence-electron chi connectivity index (χ0n) is 11.5. The number of sulfonamides is 1. The molecule has 0 saturated carbocycles. The highest BCUT2D eigenvalue weighted by Crippen LogP contribution is 2.22. The largest absolute Gasteiger partial charge is 0.478 e. The zero-order valence-corrected chi connectivity index (χ0v) is 12.3. The highest BCUT2D eigenvalue weighted by Gasteiger charge is 2.21. The van der Waals surface area contributed by atoms with Gasteiger partial charge in [-0.1, -0.05) is 12.1 Å². The number of aromatic nitrogens is 1. The van der Waals surface area contributed by atoms with Crippen LogP contribution >= 0.6 is 0 Å². The summed E-state index contributed by atoms with van der Waals surface area (Å²) in [6.07, 6.45) is 1.48. The lowest BCUT2D eigenvalue weighted by atomic mass is 10.1. The Bertz CT molecular complexity index is 800. The average molecular weight is 306 g/mol. The van der Waals surface area contributed by atoms with Gasteiger partial charge in [-0.05, 0) is 43.2 Å². The van der Waals surface area contributed by atoms with Gasteiger partial charge in [-0.3, -0.25) is 4.72 Å². The Morgan fingerprint density at radius 2 is 1.90 bits per heavy atom. The van der Waals surface area contributed by atoms with E-state index < -0.39 is 16.0 Å². The Morgan fingerprint density at radius 1 is 1.19 bits per heavy atom. The average Bonchev–Trinajstić information content (AvgIpc) is 2.41. The molecule has 0 aliphatic carbocycles. The van der Waals surface area contributed by atoms with Crippen molar-refractivity contribution in [2.24, 2.45) is 0 Å². The Kier molecular flexibility index (Phi) is 3.95. The summed E-state index contributed by atoms with van der Waals surface area (Å²) in [4.78, 5) is 15.0. The number of aryl methyl sites for hydroxylation is 1. The van der Waals surface area contributed by atoms with E-state index in [4.69, 9.17) is 5.11 Å². The second kappa shape index (κ2) is 5.53. The molecule has 0 fully saturated rings. The highest BCUT2D eigenvalue weighted by molar-refractivity contribution is 7.92. The molecule has 0 aliphatic rings. The molecule has 2 N–H and O–H groups in total. The van der Waals surface area contributed by atoms with E-state index in [2.05, 4.69) is 9.71 Å². The molecule has 0 spiro atoms. The molecule has 110 valence electrons. The molecule has 0 amide bonds. The van der Waals surface area contributed by atoms with Crippen LogP contribution in [-0.2, 0) is 10.0 Å². The Hall–Kier alpha value is -2.41. The molecule has 0 saturated heterocycles. The molecule has 2 rings (SSSR count). The van der Waals surface area contributed by atoms with Crippen molar-refractivity contribution in [2.75, 3.05) is 4.72 Å². The molecule has 0 atom stereocenters. The van der Waals surface area contributed by atoms with E-state index >= 15 is 0 Å². The van der Waals surface area contributed by atoms with Crippen molar-refractivity contribution in [1.82, 2.24) is 4.98 Å². The SMILES string of the molecule is Cc1cccnc1NS(=O)(=O)c1cccc(C(=O)O)c1C. The summed E-state index contributed by atoms with van der Waals surface area (Å²) in [7, 11) is -3.90. The molecule has 1 aromatic heterocycles. The van der Waals surface area contributed by atoms with Gasteiger partial charge in [0.25, 0.3) is 10.0 Å². The van der Waals surface area contributed by atoms with Crippen molar-refractivity contribution in [1.29, 1.82) is 0 Å². The van der Waals surface area contributed by atoms with E-state index in [1.54, 1.807) is 19.1 Å². The van der Waals surface area contributed by atoms with Crippen molar-refractivity contribution in [3.05, 3.63) is 53.2 Å². The van der Waals surface area contributed by atoms with Gasteiger partial charge in [0.1, 0.15) is 5.82 Å². The smallest absolute Gasteiger partial charge is 0.335 e. The fourth-order valence-corrected chi connectivity index (χ4v) is 3.26. The lowest BCUT2D eigenvalue weighted by Crippen LogP contribution is -2.17. The van der Waals surface area contributed by atoms with E-state index in [-0.39, 0.29) is 21.8 Å². The molecule has 1 aromatic carbocycles. The third kappa shape index (κ3) is 3.03. The van der Waals surface area contributed by atoms with Crippen molar-refractivity contribution in [2.45, 2.75) is 18.7 Å². The first kappa shape index (κ1) is 15.0. The van der Waals surface area contributed by atoms with Crippen LogP contribution in [0.3, 0.4) is 0 Å². The number of anilines is 1. The van der Waals surface area contributed by atoms with Crippen molar-refractivity contribution in [3.63, 3.8) is 0 Å². The Balaban J connectivity index is 2.48. The minimum Gasteiger partial charge on any atom is -0.478 e. The molecular weight excluding hydrogens is 292 g/mol. The van der Waals surface area contributed by atoms with Crippen LogP contribution in [0.2, 0.25) is 0 Å². The number of carbonyl (C=O) groups is 1. The van der Waals surface area contributed by atoms with Gasteiger partial charge in [0.15, 0.2) is 0 Å². The maximum Gasteiger partial charge on any atom is 0.335 e. The van der Waals surface area contributed by atoms with Crippen LogP contribution < -0.4 is 4.72 Å². The fraction of sp³-hybridized carbons (Fsp3) is 0.143. The number of nitrogens with one attached hydrogen (secondary N) is 1. The van der Waals surface area contributed by atoms with Gasteiger partial charge < -0.3 is 5.11 Å². The van der Waals surface area contributed by atoms with Crippen LogP contribution in [0.1, 0.15) is 21.5 Å². The number of aromatic carboxylic acids is 1. The lowest BCUT2D eigenvalue weighted by molar-refractivity contribution is 0.0696. The molecule has 21 heavy (non-hydrogen) atoms. The predicted molar refractivity (Wildman–Crippen MR) is 77.9 cm³/mol. The lowest BCUT2D eigenvalue weighted by Gasteiger charge is -2.12. The molecule has 2 aromatic rings. The Morgan fingerprint density at radius 3 is 2.52 bits per heavy atom. The van der Waals surface area contributed by atoms with E-state index in [9.17, 15) is 13.2 Å². The number of pyridine rings is 1.